The van der Waals surface area contributed by atoms with Gasteiger partial charge in [0.2, 0.25) is 0 Å². The summed E-state index contributed by atoms with van der Waals surface area (Å²) in [6.45, 7) is 2.02. The number of halogens is 1. The van der Waals surface area contributed by atoms with Crippen molar-refractivity contribution in [2.75, 3.05) is 7.11 Å². The Morgan fingerprint density at radius 2 is 2.21 bits per heavy atom. The third-order valence-corrected chi connectivity index (χ3v) is 3.03. The van der Waals surface area contributed by atoms with Crippen molar-refractivity contribution in [2.45, 2.75) is 13.5 Å². The first-order chi connectivity index (χ1) is 6.61. The van der Waals surface area contributed by atoms with Gasteiger partial charge in [-0.3, -0.25) is 4.84 Å². The molecule has 0 aromatic heterocycles. The van der Waals surface area contributed by atoms with Crippen LogP contribution in [0.3, 0.4) is 0 Å². The van der Waals surface area contributed by atoms with Gasteiger partial charge in [-0.05, 0) is 18.6 Å². The van der Waals surface area contributed by atoms with Crippen molar-refractivity contribution in [3.63, 3.8) is 0 Å². The molecule has 0 bridgehead atoms. The lowest BCUT2D eigenvalue weighted by molar-refractivity contribution is 0.121. The van der Waals surface area contributed by atoms with Crippen LogP contribution in [-0.4, -0.2) is 12.2 Å². The van der Waals surface area contributed by atoms with Crippen molar-refractivity contribution in [2.24, 2.45) is 5.90 Å². The zero-order valence-electron chi connectivity index (χ0n) is 8.00. The quantitative estimate of drug-likeness (QED) is 0.816. The number of aryl methyl sites for hydroxylation is 1. The second-order valence-corrected chi connectivity index (χ2v) is 3.64. The molecule has 1 rings (SSSR count). The topological polar surface area (TPSA) is 64.7 Å². The Balaban J connectivity index is 3.29. The number of aromatic hydroxyl groups is 1. The number of phenolic OH excluding ortho intramolecular Hbond substituents is 1. The van der Waals surface area contributed by atoms with Gasteiger partial charge in [-0.2, -0.15) is 0 Å². The molecule has 1 aromatic carbocycles. The van der Waals surface area contributed by atoms with Gasteiger partial charge in [0, 0.05) is 10.0 Å². The molecule has 0 amide bonds. The van der Waals surface area contributed by atoms with Crippen LogP contribution in [0.25, 0.3) is 0 Å². The minimum atomic E-state index is 0.0513. The van der Waals surface area contributed by atoms with Gasteiger partial charge in [-0.25, -0.2) is 5.90 Å². The maximum atomic E-state index is 9.73. The highest BCUT2D eigenvalue weighted by atomic mass is 79.9. The molecule has 3 N–H and O–H groups in total. The number of phenols is 1. The highest BCUT2D eigenvalue weighted by Gasteiger charge is 2.14. The van der Waals surface area contributed by atoms with Crippen molar-refractivity contribution >= 4 is 15.9 Å². The van der Waals surface area contributed by atoms with E-state index >= 15 is 0 Å². The van der Waals surface area contributed by atoms with E-state index in [1.807, 2.05) is 6.92 Å². The van der Waals surface area contributed by atoms with Crippen molar-refractivity contribution in [1.82, 2.24) is 0 Å². The highest BCUT2D eigenvalue weighted by Crippen LogP contribution is 2.37. The molecule has 0 aliphatic rings. The van der Waals surface area contributed by atoms with Crippen LogP contribution in [0.1, 0.15) is 11.1 Å². The van der Waals surface area contributed by atoms with Gasteiger partial charge in [0.15, 0.2) is 11.5 Å². The largest absolute Gasteiger partial charge is 0.504 e. The van der Waals surface area contributed by atoms with Crippen LogP contribution in [-0.2, 0) is 11.4 Å². The summed E-state index contributed by atoms with van der Waals surface area (Å²) in [7, 11) is 1.50. The number of methoxy groups -OCH3 is 1. The first kappa shape index (κ1) is 11.3. The zero-order valence-corrected chi connectivity index (χ0v) is 9.59. The lowest BCUT2D eigenvalue weighted by Gasteiger charge is -2.12. The van der Waals surface area contributed by atoms with Gasteiger partial charge in [0.05, 0.1) is 13.7 Å². The maximum Gasteiger partial charge on any atom is 0.164 e. The summed E-state index contributed by atoms with van der Waals surface area (Å²) in [5.41, 5.74) is 1.54. The number of rotatable bonds is 3. The van der Waals surface area contributed by atoms with Gasteiger partial charge < -0.3 is 9.84 Å². The molecule has 0 aliphatic heterocycles. The molecule has 0 radical (unpaired) electrons. The normalized spacial score (nSPS) is 10.3. The predicted molar refractivity (Wildman–Crippen MR) is 56.1 cm³/mol. The molecule has 0 fully saturated rings. The number of ether oxygens (including phenoxy) is 1. The molecule has 5 heteroatoms. The molecule has 4 nitrogen and oxygen atoms in total. The molecule has 1 aromatic rings. The predicted octanol–water partition coefficient (Wildman–Crippen LogP) is 1.86. The second kappa shape index (κ2) is 4.63. The molecule has 78 valence electrons. The fourth-order valence-electron chi connectivity index (χ4n) is 1.19. The monoisotopic (exact) mass is 261 g/mol. The summed E-state index contributed by atoms with van der Waals surface area (Å²) in [5, 5.41) is 9.73. The van der Waals surface area contributed by atoms with Crippen LogP contribution in [0.5, 0.6) is 11.5 Å². The fraction of sp³-hybridized carbons (Fsp3) is 0.333. The zero-order chi connectivity index (χ0) is 10.7. The van der Waals surface area contributed by atoms with Gasteiger partial charge in [-0.15, -0.1) is 0 Å². The number of benzene rings is 1. The number of hydrogen-bond donors (Lipinski definition) is 2. The summed E-state index contributed by atoms with van der Waals surface area (Å²) in [4.78, 5) is 4.50. The van der Waals surface area contributed by atoms with E-state index in [9.17, 15) is 5.11 Å². The van der Waals surface area contributed by atoms with Crippen molar-refractivity contribution < 1.29 is 14.7 Å². The summed E-state index contributed by atoms with van der Waals surface area (Å²) >= 11 is 3.34. The van der Waals surface area contributed by atoms with Crippen LogP contribution < -0.4 is 10.6 Å². The van der Waals surface area contributed by atoms with Gasteiger partial charge >= 0.3 is 0 Å². The summed E-state index contributed by atoms with van der Waals surface area (Å²) in [6, 6.07) is 1.74. The smallest absolute Gasteiger partial charge is 0.164 e. The first-order valence-corrected chi connectivity index (χ1v) is 4.77. The van der Waals surface area contributed by atoms with E-state index in [0.29, 0.717) is 11.3 Å². The molecule has 0 unspecified atom stereocenters. The Bertz CT molecular complexity index is 341. The maximum absolute atomic E-state index is 9.73. The van der Waals surface area contributed by atoms with Crippen LogP contribution in [0.2, 0.25) is 0 Å². The van der Waals surface area contributed by atoms with E-state index in [-0.39, 0.29) is 12.4 Å². The number of nitrogens with two attached hydrogens (primary N) is 1. The molecule has 0 aliphatic carbocycles. The van der Waals surface area contributed by atoms with Crippen molar-refractivity contribution in [3.8, 4) is 11.5 Å². The van der Waals surface area contributed by atoms with Crippen LogP contribution >= 0.6 is 15.9 Å². The summed E-state index contributed by atoms with van der Waals surface area (Å²) in [5.74, 6) is 5.43. The molecule has 0 saturated heterocycles. The van der Waals surface area contributed by atoms with Crippen LogP contribution in [0, 0.1) is 6.92 Å². The summed E-state index contributed by atoms with van der Waals surface area (Å²) < 4.78 is 5.78. The van der Waals surface area contributed by atoms with Gasteiger partial charge in [0.25, 0.3) is 0 Å². The van der Waals surface area contributed by atoms with E-state index < -0.39 is 0 Å². The molecule has 14 heavy (non-hydrogen) atoms. The molecular formula is C9H12BrNO3. The summed E-state index contributed by atoms with van der Waals surface area (Å²) in [6.07, 6.45) is 0. The Hall–Kier alpha value is -0.780. The molecule has 0 spiro atoms. The fourth-order valence-corrected chi connectivity index (χ4v) is 1.61. The molecule has 0 saturated carbocycles. The Kier molecular flexibility index (Phi) is 3.74. The van der Waals surface area contributed by atoms with E-state index in [0.717, 1.165) is 10.0 Å². The lowest BCUT2D eigenvalue weighted by Crippen LogP contribution is -2.02. The van der Waals surface area contributed by atoms with E-state index in [4.69, 9.17) is 10.6 Å². The second-order valence-electron chi connectivity index (χ2n) is 2.85. The lowest BCUT2D eigenvalue weighted by atomic mass is 10.1. The number of hydrogen-bond acceptors (Lipinski definition) is 4. The standard InChI is InChI=1S/C9H12BrNO3/c1-5-3-7(13-2)9(12)6(4-14-11)8(5)10/h3,12H,4,11H2,1-2H3. The third-order valence-electron chi connectivity index (χ3n) is 1.93. The average molecular weight is 262 g/mol. The molecular weight excluding hydrogens is 250 g/mol. The van der Waals surface area contributed by atoms with E-state index in [2.05, 4.69) is 20.8 Å². The van der Waals surface area contributed by atoms with Crippen LogP contribution in [0.4, 0.5) is 0 Å². The molecule has 0 heterocycles. The minimum absolute atomic E-state index is 0.0513. The average Bonchev–Trinajstić information content (AvgIpc) is 2.18. The molecule has 0 atom stereocenters. The van der Waals surface area contributed by atoms with E-state index in [1.54, 1.807) is 6.07 Å². The van der Waals surface area contributed by atoms with Crippen molar-refractivity contribution in [1.29, 1.82) is 0 Å². The van der Waals surface area contributed by atoms with Gasteiger partial charge in [-0.1, -0.05) is 15.9 Å². The third kappa shape index (κ3) is 2.00. The SMILES string of the molecule is COc1cc(C)c(Br)c(CON)c1O. The first-order valence-electron chi connectivity index (χ1n) is 3.98. The van der Waals surface area contributed by atoms with Crippen LogP contribution in [0.15, 0.2) is 10.5 Å². The van der Waals surface area contributed by atoms with Crippen molar-refractivity contribution in [3.05, 3.63) is 21.7 Å². The Morgan fingerprint density at radius 3 is 2.71 bits per heavy atom. The Morgan fingerprint density at radius 1 is 1.57 bits per heavy atom. The Labute approximate surface area is 90.7 Å². The minimum Gasteiger partial charge on any atom is -0.504 e. The van der Waals surface area contributed by atoms with E-state index in [1.165, 1.54) is 7.11 Å². The highest BCUT2D eigenvalue weighted by molar-refractivity contribution is 9.10. The van der Waals surface area contributed by atoms with Gasteiger partial charge in [0.1, 0.15) is 0 Å².